The van der Waals surface area contributed by atoms with E-state index in [1.54, 1.807) is 11.7 Å². The molecular formula is C8H6N2O2S. The molecule has 0 aliphatic rings. The lowest BCUT2D eigenvalue weighted by atomic mass is 10.2. The monoisotopic (exact) mass is 194 g/mol. The molecule has 2 aromatic rings. The lowest BCUT2D eigenvalue weighted by Gasteiger charge is -1.96. The standard InChI is InChI=1S/C8H6N2O2S/c1-4-2-9-6(8(11)12)5-7(4)13-3-10-5/h2-3H,1H3,(H,11,12). The molecule has 0 bridgehead atoms. The molecule has 1 N–H and O–H groups in total. The van der Waals surface area contributed by atoms with Gasteiger partial charge in [0.1, 0.15) is 5.52 Å². The van der Waals surface area contributed by atoms with E-state index < -0.39 is 5.97 Å². The van der Waals surface area contributed by atoms with E-state index >= 15 is 0 Å². The van der Waals surface area contributed by atoms with E-state index in [-0.39, 0.29) is 5.69 Å². The molecule has 66 valence electrons. The van der Waals surface area contributed by atoms with Gasteiger partial charge in [-0.15, -0.1) is 11.3 Å². The summed E-state index contributed by atoms with van der Waals surface area (Å²) in [5.74, 6) is -1.03. The summed E-state index contributed by atoms with van der Waals surface area (Å²) in [4.78, 5) is 18.5. The minimum atomic E-state index is -1.03. The molecule has 2 heterocycles. The molecule has 5 heteroatoms. The van der Waals surface area contributed by atoms with Gasteiger partial charge in [-0.05, 0) is 12.5 Å². The minimum Gasteiger partial charge on any atom is -0.476 e. The van der Waals surface area contributed by atoms with E-state index in [1.807, 2.05) is 6.92 Å². The molecule has 0 spiro atoms. The van der Waals surface area contributed by atoms with E-state index in [9.17, 15) is 4.79 Å². The lowest BCUT2D eigenvalue weighted by Crippen LogP contribution is -2.01. The van der Waals surface area contributed by atoms with Gasteiger partial charge < -0.3 is 5.11 Å². The molecule has 0 aliphatic heterocycles. The van der Waals surface area contributed by atoms with Crippen LogP contribution >= 0.6 is 11.3 Å². The first kappa shape index (κ1) is 8.12. The second-order valence-corrected chi connectivity index (χ2v) is 3.48. The third-order valence-corrected chi connectivity index (χ3v) is 2.70. The Balaban J connectivity index is 2.86. The van der Waals surface area contributed by atoms with Crippen molar-refractivity contribution in [2.24, 2.45) is 0 Å². The Morgan fingerprint density at radius 1 is 1.54 bits per heavy atom. The highest BCUT2D eigenvalue weighted by atomic mass is 32.1. The number of fused-ring (bicyclic) bond motifs is 1. The molecule has 2 rings (SSSR count). The smallest absolute Gasteiger partial charge is 0.356 e. The number of carboxylic acids is 1. The third kappa shape index (κ3) is 1.17. The van der Waals surface area contributed by atoms with Gasteiger partial charge in [0.15, 0.2) is 5.69 Å². The largest absolute Gasteiger partial charge is 0.476 e. The second kappa shape index (κ2) is 2.77. The fourth-order valence-electron chi connectivity index (χ4n) is 1.13. The van der Waals surface area contributed by atoms with Crippen molar-refractivity contribution < 1.29 is 9.90 Å². The van der Waals surface area contributed by atoms with Crippen molar-refractivity contribution >= 4 is 27.5 Å². The van der Waals surface area contributed by atoms with Crippen LogP contribution in [0.2, 0.25) is 0 Å². The van der Waals surface area contributed by atoms with Crippen LogP contribution in [0.4, 0.5) is 0 Å². The van der Waals surface area contributed by atoms with Gasteiger partial charge in [0.25, 0.3) is 0 Å². The number of nitrogens with zero attached hydrogens (tertiary/aromatic N) is 2. The number of aromatic carboxylic acids is 1. The minimum absolute atomic E-state index is 0.0295. The van der Waals surface area contributed by atoms with Crippen LogP contribution in [0.5, 0.6) is 0 Å². The predicted molar refractivity (Wildman–Crippen MR) is 49.1 cm³/mol. The van der Waals surface area contributed by atoms with Gasteiger partial charge in [-0.2, -0.15) is 0 Å². The summed E-state index contributed by atoms with van der Waals surface area (Å²) >= 11 is 1.43. The Labute approximate surface area is 77.9 Å². The van der Waals surface area contributed by atoms with Crippen LogP contribution in [-0.4, -0.2) is 21.0 Å². The number of rotatable bonds is 1. The van der Waals surface area contributed by atoms with Gasteiger partial charge in [-0.1, -0.05) is 0 Å². The van der Waals surface area contributed by atoms with E-state index in [0.29, 0.717) is 5.52 Å². The molecular weight excluding hydrogens is 188 g/mol. The quantitative estimate of drug-likeness (QED) is 0.750. The van der Waals surface area contributed by atoms with Crippen molar-refractivity contribution in [2.75, 3.05) is 0 Å². The summed E-state index contributed by atoms with van der Waals surface area (Å²) in [7, 11) is 0. The fourth-order valence-corrected chi connectivity index (χ4v) is 1.90. The maximum Gasteiger partial charge on any atom is 0.356 e. The number of aryl methyl sites for hydroxylation is 1. The molecule has 0 aromatic carbocycles. The summed E-state index contributed by atoms with van der Waals surface area (Å²) in [6.07, 6.45) is 1.56. The van der Waals surface area contributed by atoms with Crippen LogP contribution in [0.1, 0.15) is 16.1 Å². The Morgan fingerprint density at radius 3 is 3.00 bits per heavy atom. The van der Waals surface area contributed by atoms with E-state index in [0.717, 1.165) is 10.3 Å². The number of hydrogen-bond donors (Lipinski definition) is 1. The molecule has 0 aliphatic carbocycles. The Kier molecular flexibility index (Phi) is 1.73. The van der Waals surface area contributed by atoms with E-state index in [4.69, 9.17) is 5.11 Å². The van der Waals surface area contributed by atoms with Gasteiger partial charge in [0.05, 0.1) is 10.2 Å². The summed E-state index contributed by atoms with van der Waals surface area (Å²) in [6, 6.07) is 0. The Morgan fingerprint density at radius 2 is 2.31 bits per heavy atom. The zero-order valence-electron chi connectivity index (χ0n) is 6.81. The first-order valence-corrected chi connectivity index (χ1v) is 4.50. The summed E-state index contributed by atoms with van der Waals surface area (Å²) in [6.45, 7) is 1.89. The number of carboxylic acid groups (broad SMARTS) is 1. The molecule has 0 unspecified atom stereocenters. The number of thiazole rings is 1. The van der Waals surface area contributed by atoms with E-state index in [2.05, 4.69) is 9.97 Å². The molecule has 0 radical (unpaired) electrons. The average Bonchev–Trinajstić information content (AvgIpc) is 2.53. The highest BCUT2D eigenvalue weighted by molar-refractivity contribution is 7.17. The van der Waals surface area contributed by atoms with Gasteiger partial charge in [-0.25, -0.2) is 14.8 Å². The number of hydrogen-bond acceptors (Lipinski definition) is 4. The first-order valence-electron chi connectivity index (χ1n) is 3.62. The van der Waals surface area contributed by atoms with E-state index in [1.165, 1.54) is 11.3 Å². The third-order valence-electron chi connectivity index (χ3n) is 1.74. The first-order chi connectivity index (χ1) is 6.20. The topological polar surface area (TPSA) is 63.1 Å². The molecule has 13 heavy (non-hydrogen) atoms. The second-order valence-electron chi connectivity index (χ2n) is 2.63. The van der Waals surface area contributed by atoms with Crippen molar-refractivity contribution in [3.63, 3.8) is 0 Å². The summed E-state index contributed by atoms with van der Waals surface area (Å²) in [5.41, 5.74) is 3.10. The van der Waals surface area contributed by atoms with Gasteiger partial charge in [-0.3, -0.25) is 0 Å². The number of aromatic nitrogens is 2. The van der Waals surface area contributed by atoms with Crippen molar-refractivity contribution in [2.45, 2.75) is 6.92 Å². The van der Waals surface area contributed by atoms with Crippen LogP contribution in [0.25, 0.3) is 10.2 Å². The molecule has 0 saturated heterocycles. The van der Waals surface area contributed by atoms with Crippen LogP contribution in [0.15, 0.2) is 11.7 Å². The Bertz CT molecular complexity index is 478. The van der Waals surface area contributed by atoms with Crippen LogP contribution in [0.3, 0.4) is 0 Å². The SMILES string of the molecule is Cc1cnc(C(=O)O)c2ncsc12. The van der Waals surface area contributed by atoms with Crippen molar-refractivity contribution in [1.82, 2.24) is 9.97 Å². The number of pyridine rings is 1. The normalized spacial score (nSPS) is 10.5. The van der Waals surface area contributed by atoms with Gasteiger partial charge in [0.2, 0.25) is 0 Å². The lowest BCUT2D eigenvalue weighted by molar-refractivity contribution is 0.0692. The number of carbonyl (C=O) groups is 1. The van der Waals surface area contributed by atoms with Crippen molar-refractivity contribution in [3.8, 4) is 0 Å². The average molecular weight is 194 g/mol. The van der Waals surface area contributed by atoms with Gasteiger partial charge in [0, 0.05) is 6.20 Å². The maximum atomic E-state index is 10.7. The molecule has 4 nitrogen and oxygen atoms in total. The van der Waals surface area contributed by atoms with Crippen LogP contribution in [0, 0.1) is 6.92 Å². The predicted octanol–water partition coefficient (Wildman–Crippen LogP) is 1.70. The molecule has 0 atom stereocenters. The van der Waals surface area contributed by atoms with Gasteiger partial charge >= 0.3 is 5.97 Å². The Hall–Kier alpha value is -1.49. The molecule has 2 aromatic heterocycles. The molecule has 0 saturated carbocycles. The maximum absolute atomic E-state index is 10.7. The zero-order chi connectivity index (χ0) is 9.42. The van der Waals surface area contributed by atoms with Crippen molar-refractivity contribution in [3.05, 3.63) is 23.0 Å². The molecule has 0 fully saturated rings. The summed E-state index contributed by atoms with van der Waals surface area (Å²) < 4.78 is 0.896. The highest BCUT2D eigenvalue weighted by Gasteiger charge is 2.13. The summed E-state index contributed by atoms with van der Waals surface area (Å²) in [5, 5.41) is 8.79. The zero-order valence-corrected chi connectivity index (χ0v) is 7.63. The van der Waals surface area contributed by atoms with Crippen molar-refractivity contribution in [1.29, 1.82) is 0 Å². The van der Waals surface area contributed by atoms with Crippen LogP contribution < -0.4 is 0 Å². The highest BCUT2D eigenvalue weighted by Crippen LogP contribution is 2.23. The fraction of sp³-hybridized carbons (Fsp3) is 0.125. The van der Waals surface area contributed by atoms with Crippen LogP contribution in [-0.2, 0) is 0 Å². The molecule has 0 amide bonds.